The second-order valence-corrected chi connectivity index (χ2v) is 5.46. The third kappa shape index (κ3) is 3.06. The predicted molar refractivity (Wildman–Crippen MR) is 74.0 cm³/mol. The summed E-state index contributed by atoms with van der Waals surface area (Å²) in [5.41, 5.74) is 7.57. The zero-order valence-electron chi connectivity index (χ0n) is 9.08. The van der Waals surface area contributed by atoms with E-state index in [-0.39, 0.29) is 0 Å². The number of hydrogen-bond acceptors (Lipinski definition) is 3. The molecule has 1 aromatic heterocycles. The molecular weight excluding hydrogens is 275 g/mol. The van der Waals surface area contributed by atoms with Gasteiger partial charge in [0.1, 0.15) is 5.03 Å². The number of halogens is 2. The van der Waals surface area contributed by atoms with Crippen LogP contribution in [0.2, 0.25) is 10.0 Å². The smallest absolute Gasteiger partial charge is 0.124 e. The molecule has 17 heavy (non-hydrogen) atoms. The van der Waals surface area contributed by atoms with Crippen LogP contribution in [0.1, 0.15) is 5.56 Å². The van der Waals surface area contributed by atoms with Gasteiger partial charge < -0.3 is 5.73 Å². The fourth-order valence-electron chi connectivity index (χ4n) is 1.32. The zero-order valence-corrected chi connectivity index (χ0v) is 11.4. The van der Waals surface area contributed by atoms with Gasteiger partial charge in [-0.15, -0.1) is 0 Å². The summed E-state index contributed by atoms with van der Waals surface area (Å²) >= 11 is 13.4. The van der Waals surface area contributed by atoms with Crippen molar-refractivity contribution in [2.75, 3.05) is 5.73 Å². The number of anilines is 1. The van der Waals surface area contributed by atoms with E-state index in [0.29, 0.717) is 15.7 Å². The number of nitrogens with zero attached hydrogens (tertiary/aromatic N) is 1. The Bertz CT molecular complexity index is 558. The standard InChI is InChI=1S/C12H10Cl2N2S/c1-7-4-10(15)12(16-6-7)17-11-5-8(13)2-3-9(11)14/h2-6H,15H2,1H3. The minimum Gasteiger partial charge on any atom is -0.397 e. The Morgan fingerprint density at radius 1 is 1.24 bits per heavy atom. The number of rotatable bonds is 2. The topological polar surface area (TPSA) is 38.9 Å². The third-order valence-corrected chi connectivity index (χ3v) is 3.88. The van der Waals surface area contributed by atoms with Crippen LogP contribution < -0.4 is 5.73 Å². The molecule has 0 spiro atoms. The number of hydrogen-bond donors (Lipinski definition) is 1. The van der Waals surface area contributed by atoms with Gasteiger partial charge in [0.25, 0.3) is 0 Å². The van der Waals surface area contributed by atoms with Gasteiger partial charge in [0.15, 0.2) is 0 Å². The van der Waals surface area contributed by atoms with Crippen molar-refractivity contribution >= 4 is 40.7 Å². The SMILES string of the molecule is Cc1cnc(Sc2cc(Cl)ccc2Cl)c(N)c1. The van der Waals surface area contributed by atoms with Gasteiger partial charge in [0, 0.05) is 16.1 Å². The molecule has 0 aliphatic rings. The lowest BCUT2D eigenvalue weighted by Gasteiger charge is -2.07. The van der Waals surface area contributed by atoms with E-state index in [1.54, 1.807) is 24.4 Å². The molecule has 0 aliphatic heterocycles. The second kappa shape index (κ2) is 5.17. The molecule has 88 valence electrons. The molecule has 0 amide bonds. The molecule has 2 nitrogen and oxygen atoms in total. The molecule has 0 atom stereocenters. The Balaban J connectivity index is 2.34. The molecule has 2 aromatic rings. The highest BCUT2D eigenvalue weighted by atomic mass is 35.5. The number of aryl methyl sites for hydroxylation is 1. The Labute approximate surface area is 114 Å². The van der Waals surface area contributed by atoms with E-state index >= 15 is 0 Å². The van der Waals surface area contributed by atoms with Gasteiger partial charge >= 0.3 is 0 Å². The second-order valence-electron chi connectivity index (χ2n) is 3.58. The van der Waals surface area contributed by atoms with Gasteiger partial charge in [0.2, 0.25) is 0 Å². The summed E-state index contributed by atoms with van der Waals surface area (Å²) in [7, 11) is 0. The molecule has 1 heterocycles. The normalized spacial score (nSPS) is 10.5. The maximum Gasteiger partial charge on any atom is 0.124 e. The first-order valence-corrected chi connectivity index (χ1v) is 6.48. The first-order chi connectivity index (χ1) is 8.06. The van der Waals surface area contributed by atoms with Crippen molar-refractivity contribution in [3.05, 3.63) is 46.1 Å². The van der Waals surface area contributed by atoms with Gasteiger partial charge in [-0.05, 0) is 36.8 Å². The molecule has 0 saturated heterocycles. The van der Waals surface area contributed by atoms with Crippen LogP contribution in [0.25, 0.3) is 0 Å². The van der Waals surface area contributed by atoms with Crippen LogP contribution in [-0.4, -0.2) is 4.98 Å². The first-order valence-electron chi connectivity index (χ1n) is 4.91. The summed E-state index contributed by atoms with van der Waals surface area (Å²) in [5.74, 6) is 0. The molecular formula is C12H10Cl2N2S. The molecule has 0 aliphatic carbocycles. The van der Waals surface area contributed by atoms with Crippen molar-refractivity contribution < 1.29 is 0 Å². The molecule has 0 bridgehead atoms. The van der Waals surface area contributed by atoms with Crippen LogP contribution in [0.4, 0.5) is 5.69 Å². The van der Waals surface area contributed by atoms with Crippen molar-refractivity contribution in [3.8, 4) is 0 Å². The van der Waals surface area contributed by atoms with Crippen LogP contribution >= 0.6 is 35.0 Å². The number of nitrogen functional groups attached to an aromatic ring is 1. The van der Waals surface area contributed by atoms with Crippen LogP contribution in [0.15, 0.2) is 40.4 Å². The summed E-state index contributed by atoms with van der Waals surface area (Å²) in [6, 6.07) is 7.19. The van der Waals surface area contributed by atoms with E-state index in [4.69, 9.17) is 28.9 Å². The molecule has 0 fully saturated rings. The Kier molecular flexibility index (Phi) is 3.82. The van der Waals surface area contributed by atoms with Crippen LogP contribution in [0, 0.1) is 6.92 Å². The van der Waals surface area contributed by atoms with Crippen LogP contribution in [0.3, 0.4) is 0 Å². The van der Waals surface area contributed by atoms with E-state index in [1.165, 1.54) is 11.8 Å². The highest BCUT2D eigenvalue weighted by molar-refractivity contribution is 7.99. The predicted octanol–water partition coefficient (Wildman–Crippen LogP) is 4.43. The lowest BCUT2D eigenvalue weighted by Crippen LogP contribution is -1.92. The Morgan fingerprint density at radius 2 is 2.00 bits per heavy atom. The molecule has 0 radical (unpaired) electrons. The fourth-order valence-corrected chi connectivity index (χ4v) is 2.64. The van der Waals surface area contributed by atoms with E-state index in [2.05, 4.69) is 4.98 Å². The molecule has 2 rings (SSSR count). The van der Waals surface area contributed by atoms with E-state index in [9.17, 15) is 0 Å². The zero-order chi connectivity index (χ0) is 12.4. The summed E-state index contributed by atoms with van der Waals surface area (Å²) < 4.78 is 0. The lowest BCUT2D eigenvalue weighted by molar-refractivity contribution is 1.12. The van der Waals surface area contributed by atoms with Crippen molar-refractivity contribution in [2.45, 2.75) is 16.8 Å². The van der Waals surface area contributed by atoms with Crippen molar-refractivity contribution in [1.82, 2.24) is 4.98 Å². The van der Waals surface area contributed by atoms with Crippen LogP contribution in [0.5, 0.6) is 0 Å². The number of pyridine rings is 1. The number of nitrogens with two attached hydrogens (primary N) is 1. The van der Waals surface area contributed by atoms with Crippen molar-refractivity contribution in [3.63, 3.8) is 0 Å². The largest absolute Gasteiger partial charge is 0.397 e. The maximum atomic E-state index is 6.08. The average molecular weight is 285 g/mol. The summed E-state index contributed by atoms with van der Waals surface area (Å²) in [5, 5.41) is 2.02. The van der Waals surface area contributed by atoms with Gasteiger partial charge in [-0.3, -0.25) is 0 Å². The number of aromatic nitrogens is 1. The van der Waals surface area contributed by atoms with Gasteiger partial charge in [-0.25, -0.2) is 4.98 Å². The quantitative estimate of drug-likeness (QED) is 0.887. The monoisotopic (exact) mass is 284 g/mol. The Hall–Kier alpha value is -0.900. The third-order valence-electron chi connectivity index (χ3n) is 2.12. The van der Waals surface area contributed by atoms with E-state index in [0.717, 1.165) is 15.5 Å². The Morgan fingerprint density at radius 3 is 2.71 bits per heavy atom. The van der Waals surface area contributed by atoms with Crippen molar-refractivity contribution in [1.29, 1.82) is 0 Å². The molecule has 2 N–H and O–H groups in total. The van der Waals surface area contributed by atoms with Gasteiger partial charge in [-0.1, -0.05) is 35.0 Å². The minimum absolute atomic E-state index is 0.640. The van der Waals surface area contributed by atoms with E-state index in [1.807, 2.05) is 13.0 Å². The highest BCUT2D eigenvalue weighted by Crippen LogP contribution is 2.36. The van der Waals surface area contributed by atoms with Crippen molar-refractivity contribution in [2.24, 2.45) is 0 Å². The first kappa shape index (κ1) is 12.6. The summed E-state index contributed by atoms with van der Waals surface area (Å²) in [6.07, 6.45) is 1.77. The fraction of sp³-hybridized carbons (Fsp3) is 0.0833. The molecule has 0 unspecified atom stereocenters. The maximum absolute atomic E-state index is 6.08. The lowest BCUT2D eigenvalue weighted by atomic mass is 10.3. The minimum atomic E-state index is 0.640. The number of benzene rings is 1. The van der Waals surface area contributed by atoms with Crippen LogP contribution in [-0.2, 0) is 0 Å². The summed E-state index contributed by atoms with van der Waals surface area (Å²) in [4.78, 5) is 5.13. The average Bonchev–Trinajstić information content (AvgIpc) is 2.27. The van der Waals surface area contributed by atoms with E-state index < -0.39 is 0 Å². The molecule has 5 heteroatoms. The highest BCUT2D eigenvalue weighted by Gasteiger charge is 2.07. The van der Waals surface area contributed by atoms with Gasteiger partial charge in [-0.2, -0.15) is 0 Å². The summed E-state index contributed by atoms with van der Waals surface area (Å²) in [6.45, 7) is 1.95. The molecule has 1 aromatic carbocycles. The van der Waals surface area contributed by atoms with Gasteiger partial charge in [0.05, 0.1) is 10.7 Å². The molecule has 0 saturated carbocycles.